The maximum Gasteiger partial charge on any atom is 0.130 e. The van der Waals surface area contributed by atoms with Crippen molar-refractivity contribution < 1.29 is 0 Å². The number of hydrogen-bond acceptors (Lipinski definition) is 5. The van der Waals surface area contributed by atoms with Gasteiger partial charge in [-0.3, -0.25) is 0 Å². The number of allylic oxidation sites excluding steroid dienone is 3. The second-order valence-corrected chi connectivity index (χ2v) is 8.02. The maximum absolute atomic E-state index is 4.65. The summed E-state index contributed by atoms with van der Waals surface area (Å²) in [6.07, 6.45) is 14.7. The van der Waals surface area contributed by atoms with Crippen LogP contribution in [0, 0.1) is 0 Å². The molecule has 0 unspecified atom stereocenters. The van der Waals surface area contributed by atoms with Gasteiger partial charge in [0.2, 0.25) is 0 Å². The number of nitrogens with one attached hydrogen (secondary N) is 1. The third kappa shape index (κ3) is 3.91. The molecular formula is C26H27N5. The third-order valence-corrected chi connectivity index (χ3v) is 5.96. The van der Waals surface area contributed by atoms with Gasteiger partial charge in [0.25, 0.3) is 0 Å². The van der Waals surface area contributed by atoms with Gasteiger partial charge in [-0.2, -0.15) is 0 Å². The van der Waals surface area contributed by atoms with Crippen molar-refractivity contribution >= 4 is 33.8 Å². The van der Waals surface area contributed by atoms with E-state index in [-0.39, 0.29) is 0 Å². The highest BCUT2D eigenvalue weighted by molar-refractivity contribution is 5.89. The molecule has 31 heavy (non-hydrogen) atoms. The van der Waals surface area contributed by atoms with Gasteiger partial charge in [-0.05, 0) is 55.0 Å². The van der Waals surface area contributed by atoms with Crippen molar-refractivity contribution in [1.82, 2.24) is 14.9 Å². The molecular weight excluding hydrogens is 382 g/mol. The molecule has 4 heterocycles. The van der Waals surface area contributed by atoms with E-state index >= 15 is 0 Å². The van der Waals surface area contributed by atoms with Crippen molar-refractivity contribution in [3.8, 4) is 0 Å². The van der Waals surface area contributed by atoms with Gasteiger partial charge in [-0.15, -0.1) is 0 Å². The van der Waals surface area contributed by atoms with Gasteiger partial charge in [0.1, 0.15) is 11.6 Å². The summed E-state index contributed by atoms with van der Waals surface area (Å²) in [5, 5.41) is 5.82. The number of hydrogen-bond donors (Lipinski definition) is 1. The van der Waals surface area contributed by atoms with Gasteiger partial charge in [0.05, 0.1) is 0 Å². The SMILES string of the molecule is C/C=C(/Nc1cc2cc(C3=CCC=CN3C)ccc2cn1)c1ccnc(N2CCC2)c1. The Kier molecular flexibility index (Phi) is 5.16. The zero-order chi connectivity index (χ0) is 21.2. The van der Waals surface area contributed by atoms with Crippen LogP contribution in [0.15, 0.2) is 73.2 Å². The molecule has 156 valence electrons. The van der Waals surface area contributed by atoms with Crippen LogP contribution in [-0.4, -0.2) is 35.0 Å². The molecule has 2 aliphatic heterocycles. The van der Waals surface area contributed by atoms with Gasteiger partial charge in [0, 0.05) is 61.1 Å². The Bertz CT molecular complexity index is 1200. The Morgan fingerprint density at radius 3 is 2.74 bits per heavy atom. The molecule has 0 saturated carbocycles. The third-order valence-electron chi connectivity index (χ3n) is 5.96. The number of aromatic nitrogens is 2. The normalized spacial score (nSPS) is 16.3. The summed E-state index contributed by atoms with van der Waals surface area (Å²) in [6.45, 7) is 4.22. The molecule has 1 aromatic carbocycles. The summed E-state index contributed by atoms with van der Waals surface area (Å²) in [5.41, 5.74) is 4.61. The van der Waals surface area contributed by atoms with E-state index in [4.69, 9.17) is 0 Å². The lowest BCUT2D eigenvalue weighted by atomic mass is 10.0. The van der Waals surface area contributed by atoms with Crippen LogP contribution in [0.4, 0.5) is 11.6 Å². The Hall–Kier alpha value is -3.60. The smallest absolute Gasteiger partial charge is 0.130 e. The molecule has 1 saturated heterocycles. The van der Waals surface area contributed by atoms with Crippen LogP contribution in [0.1, 0.15) is 30.9 Å². The molecule has 0 bridgehead atoms. The molecule has 0 atom stereocenters. The highest BCUT2D eigenvalue weighted by Crippen LogP contribution is 2.28. The van der Waals surface area contributed by atoms with Crippen molar-refractivity contribution in [1.29, 1.82) is 0 Å². The van der Waals surface area contributed by atoms with E-state index in [0.29, 0.717) is 0 Å². The zero-order valence-electron chi connectivity index (χ0n) is 18.0. The molecule has 2 aliphatic rings. The molecule has 0 amide bonds. The highest BCUT2D eigenvalue weighted by Gasteiger charge is 2.16. The first-order valence-corrected chi connectivity index (χ1v) is 10.9. The number of pyridine rings is 2. The molecule has 3 aromatic rings. The van der Waals surface area contributed by atoms with Crippen LogP contribution < -0.4 is 10.2 Å². The number of fused-ring (bicyclic) bond motifs is 1. The number of rotatable bonds is 5. The first-order chi connectivity index (χ1) is 15.2. The molecule has 0 aliphatic carbocycles. The minimum Gasteiger partial charge on any atom is -0.356 e. The van der Waals surface area contributed by atoms with Gasteiger partial charge in [-0.25, -0.2) is 9.97 Å². The molecule has 5 heteroatoms. The lowest BCUT2D eigenvalue weighted by Crippen LogP contribution is -2.37. The first-order valence-electron chi connectivity index (χ1n) is 10.9. The fourth-order valence-corrected chi connectivity index (χ4v) is 4.07. The lowest BCUT2D eigenvalue weighted by Gasteiger charge is -2.32. The summed E-state index contributed by atoms with van der Waals surface area (Å²) in [6, 6.07) is 12.9. The van der Waals surface area contributed by atoms with Crippen LogP contribution in [0.3, 0.4) is 0 Å². The van der Waals surface area contributed by atoms with E-state index in [0.717, 1.165) is 47.8 Å². The Morgan fingerprint density at radius 1 is 1.06 bits per heavy atom. The molecule has 1 N–H and O–H groups in total. The van der Waals surface area contributed by atoms with Crippen molar-refractivity contribution in [2.45, 2.75) is 19.8 Å². The Morgan fingerprint density at radius 2 is 1.97 bits per heavy atom. The molecule has 5 rings (SSSR count). The van der Waals surface area contributed by atoms with E-state index in [1.165, 1.54) is 23.1 Å². The van der Waals surface area contributed by atoms with Gasteiger partial charge >= 0.3 is 0 Å². The number of nitrogens with zero attached hydrogens (tertiary/aromatic N) is 4. The Labute approximate surface area is 183 Å². The molecule has 2 aromatic heterocycles. The van der Waals surface area contributed by atoms with Gasteiger partial charge in [-0.1, -0.05) is 30.4 Å². The standard InChI is InChI=1S/C26H27N5/c1-3-23(19-10-11-27-26(17-19)31-13-6-14-31)29-25-16-22-15-20(8-9-21(22)18-28-25)24-7-4-5-12-30(24)2/h3,5,7-12,15-18H,4,6,13-14H2,1-2H3,(H,28,29)/b23-3+. The lowest BCUT2D eigenvalue weighted by molar-refractivity contribution is 0.609. The van der Waals surface area contributed by atoms with Crippen molar-refractivity contribution in [3.05, 3.63) is 84.3 Å². The second-order valence-electron chi connectivity index (χ2n) is 8.02. The maximum atomic E-state index is 4.65. The van der Waals surface area contributed by atoms with Gasteiger partial charge in [0.15, 0.2) is 0 Å². The molecule has 0 radical (unpaired) electrons. The predicted molar refractivity (Wildman–Crippen MR) is 130 cm³/mol. The number of anilines is 2. The summed E-state index contributed by atoms with van der Waals surface area (Å²) in [4.78, 5) is 13.6. The van der Waals surface area contributed by atoms with Crippen molar-refractivity contribution in [3.63, 3.8) is 0 Å². The van der Waals surface area contributed by atoms with Gasteiger partial charge < -0.3 is 15.1 Å². The summed E-state index contributed by atoms with van der Waals surface area (Å²) < 4.78 is 0. The Balaban J connectivity index is 1.42. The molecule has 0 spiro atoms. The van der Waals surface area contributed by atoms with Crippen LogP contribution >= 0.6 is 0 Å². The van der Waals surface area contributed by atoms with Crippen LogP contribution in [0.25, 0.3) is 22.2 Å². The van der Waals surface area contributed by atoms with E-state index in [9.17, 15) is 0 Å². The number of benzene rings is 1. The predicted octanol–water partition coefficient (Wildman–Crippen LogP) is 5.50. The van der Waals surface area contributed by atoms with E-state index in [1.807, 2.05) is 25.4 Å². The minimum atomic E-state index is 0.839. The van der Waals surface area contributed by atoms with Crippen molar-refractivity contribution in [2.75, 3.05) is 30.4 Å². The van der Waals surface area contributed by atoms with E-state index in [1.54, 1.807) is 0 Å². The molecule has 5 nitrogen and oxygen atoms in total. The fourth-order valence-electron chi connectivity index (χ4n) is 4.07. The largest absolute Gasteiger partial charge is 0.356 e. The fraction of sp³-hybridized carbons (Fsp3) is 0.231. The first kappa shape index (κ1) is 19.4. The minimum absolute atomic E-state index is 0.839. The highest BCUT2D eigenvalue weighted by atomic mass is 15.2. The average molecular weight is 410 g/mol. The van der Waals surface area contributed by atoms with E-state index in [2.05, 4.69) is 86.9 Å². The monoisotopic (exact) mass is 409 g/mol. The summed E-state index contributed by atoms with van der Waals surface area (Å²) in [7, 11) is 2.09. The van der Waals surface area contributed by atoms with Crippen LogP contribution in [0.2, 0.25) is 0 Å². The molecule has 1 fully saturated rings. The van der Waals surface area contributed by atoms with Crippen molar-refractivity contribution in [2.24, 2.45) is 0 Å². The quantitative estimate of drug-likeness (QED) is 0.603. The summed E-state index contributed by atoms with van der Waals surface area (Å²) in [5.74, 6) is 1.88. The van der Waals surface area contributed by atoms with Crippen LogP contribution in [-0.2, 0) is 0 Å². The van der Waals surface area contributed by atoms with Crippen LogP contribution in [0.5, 0.6) is 0 Å². The summed E-state index contributed by atoms with van der Waals surface area (Å²) >= 11 is 0. The average Bonchev–Trinajstić information content (AvgIpc) is 2.76. The van der Waals surface area contributed by atoms with E-state index < -0.39 is 0 Å². The topological polar surface area (TPSA) is 44.3 Å². The second kappa shape index (κ2) is 8.26. The zero-order valence-corrected chi connectivity index (χ0v) is 18.0.